The van der Waals surface area contributed by atoms with Gasteiger partial charge in [0.15, 0.2) is 16.8 Å². The van der Waals surface area contributed by atoms with Crippen LogP contribution in [0.5, 0.6) is 0 Å². The molecule has 1 heterocycles. The summed E-state index contributed by atoms with van der Waals surface area (Å²) >= 11 is 1.25. The fraction of sp³-hybridized carbons (Fsp3) is 0.211. The van der Waals surface area contributed by atoms with E-state index in [2.05, 4.69) is 15.5 Å². The van der Waals surface area contributed by atoms with Crippen LogP contribution >= 0.6 is 11.8 Å². The lowest BCUT2D eigenvalue weighted by molar-refractivity contribution is -0.115. The van der Waals surface area contributed by atoms with E-state index >= 15 is 0 Å². The van der Waals surface area contributed by atoms with Crippen LogP contribution in [0.1, 0.15) is 18.3 Å². The highest BCUT2D eigenvalue weighted by atomic mass is 32.2. The zero-order chi connectivity index (χ0) is 19.4. The van der Waals surface area contributed by atoms with E-state index in [-0.39, 0.29) is 11.6 Å². The van der Waals surface area contributed by atoms with Gasteiger partial charge < -0.3 is 9.88 Å². The number of hydrogen-bond acceptors (Lipinski definition) is 4. The summed E-state index contributed by atoms with van der Waals surface area (Å²) in [5, 5.41) is 10.9. The smallest absolute Gasteiger partial charge is 0.237 e. The van der Waals surface area contributed by atoms with Gasteiger partial charge in [-0.3, -0.25) is 4.79 Å². The van der Waals surface area contributed by atoms with E-state index in [0.717, 1.165) is 23.5 Å². The zero-order valence-corrected chi connectivity index (χ0v) is 15.6. The fourth-order valence-corrected chi connectivity index (χ4v) is 3.32. The van der Waals surface area contributed by atoms with Crippen molar-refractivity contribution in [2.24, 2.45) is 0 Å². The van der Waals surface area contributed by atoms with Gasteiger partial charge in [-0.2, -0.15) is 0 Å². The molecule has 0 aliphatic rings. The molecule has 5 nitrogen and oxygen atoms in total. The van der Waals surface area contributed by atoms with E-state index in [1.54, 1.807) is 6.92 Å². The van der Waals surface area contributed by atoms with Crippen molar-refractivity contribution in [2.75, 3.05) is 5.32 Å². The van der Waals surface area contributed by atoms with Gasteiger partial charge in [0.2, 0.25) is 5.91 Å². The van der Waals surface area contributed by atoms with Crippen molar-refractivity contribution in [3.63, 3.8) is 0 Å². The van der Waals surface area contributed by atoms with Crippen LogP contribution in [-0.2, 0) is 11.3 Å². The van der Waals surface area contributed by atoms with Gasteiger partial charge in [-0.05, 0) is 31.5 Å². The van der Waals surface area contributed by atoms with Crippen molar-refractivity contribution >= 4 is 23.4 Å². The second-order valence-corrected chi connectivity index (χ2v) is 7.29. The molecule has 1 N–H and O–H groups in total. The predicted octanol–water partition coefficient (Wildman–Crippen LogP) is 4.03. The van der Waals surface area contributed by atoms with Crippen molar-refractivity contribution < 1.29 is 13.6 Å². The van der Waals surface area contributed by atoms with Crippen LogP contribution < -0.4 is 5.32 Å². The summed E-state index contributed by atoms with van der Waals surface area (Å²) in [4.78, 5) is 12.4. The number of hydrogen-bond donors (Lipinski definition) is 1. The van der Waals surface area contributed by atoms with Crippen LogP contribution in [0.15, 0.2) is 53.7 Å². The summed E-state index contributed by atoms with van der Waals surface area (Å²) in [6.07, 6.45) is 0. The van der Waals surface area contributed by atoms with Gasteiger partial charge in [0, 0.05) is 11.8 Å². The SMILES string of the molecule is Cc1nnc(SC(C)C(=O)Nc2ccc(F)c(F)c2)n1Cc1ccccc1. The van der Waals surface area contributed by atoms with Gasteiger partial charge in [-0.1, -0.05) is 42.1 Å². The molecule has 27 heavy (non-hydrogen) atoms. The molecule has 0 fully saturated rings. The maximum absolute atomic E-state index is 13.3. The molecule has 0 saturated carbocycles. The summed E-state index contributed by atoms with van der Waals surface area (Å²) < 4.78 is 28.2. The first kappa shape index (κ1) is 19.0. The normalized spacial score (nSPS) is 12.0. The summed E-state index contributed by atoms with van der Waals surface area (Å²) in [6.45, 7) is 4.17. The summed E-state index contributed by atoms with van der Waals surface area (Å²) in [5.41, 5.74) is 1.30. The van der Waals surface area contributed by atoms with E-state index in [9.17, 15) is 13.6 Å². The first-order valence-electron chi connectivity index (χ1n) is 8.30. The first-order chi connectivity index (χ1) is 12.9. The van der Waals surface area contributed by atoms with Crippen LogP contribution in [0.4, 0.5) is 14.5 Å². The van der Waals surface area contributed by atoms with Crippen LogP contribution in [0.25, 0.3) is 0 Å². The lowest BCUT2D eigenvalue weighted by Gasteiger charge is -2.13. The molecule has 3 aromatic rings. The third-order valence-electron chi connectivity index (χ3n) is 3.92. The number of rotatable bonds is 6. The highest BCUT2D eigenvalue weighted by Gasteiger charge is 2.20. The van der Waals surface area contributed by atoms with E-state index in [0.29, 0.717) is 11.7 Å². The molecular formula is C19H18F2N4OS. The van der Waals surface area contributed by atoms with Gasteiger partial charge in [-0.15, -0.1) is 10.2 Å². The summed E-state index contributed by atoms with van der Waals surface area (Å²) in [6, 6.07) is 13.1. The molecule has 0 bridgehead atoms. The van der Waals surface area contributed by atoms with E-state index in [1.807, 2.05) is 41.8 Å². The molecule has 1 aromatic heterocycles. The maximum Gasteiger partial charge on any atom is 0.237 e. The van der Waals surface area contributed by atoms with E-state index < -0.39 is 16.9 Å². The zero-order valence-electron chi connectivity index (χ0n) is 14.8. The van der Waals surface area contributed by atoms with Gasteiger partial charge in [0.1, 0.15) is 5.82 Å². The molecule has 0 aliphatic carbocycles. The molecule has 0 spiro atoms. The quantitative estimate of drug-likeness (QED) is 0.648. The maximum atomic E-state index is 13.3. The number of aryl methyl sites for hydroxylation is 1. The van der Waals surface area contributed by atoms with Crippen molar-refractivity contribution in [2.45, 2.75) is 30.8 Å². The minimum absolute atomic E-state index is 0.202. The minimum atomic E-state index is -1.01. The lowest BCUT2D eigenvalue weighted by atomic mass is 10.2. The molecular weight excluding hydrogens is 370 g/mol. The van der Waals surface area contributed by atoms with Crippen molar-refractivity contribution in [1.29, 1.82) is 0 Å². The molecule has 2 aromatic carbocycles. The van der Waals surface area contributed by atoms with Gasteiger partial charge >= 0.3 is 0 Å². The number of nitrogens with one attached hydrogen (secondary N) is 1. The Bertz CT molecular complexity index is 946. The van der Waals surface area contributed by atoms with Crippen molar-refractivity contribution in [3.05, 3.63) is 71.6 Å². The Morgan fingerprint density at radius 2 is 1.89 bits per heavy atom. The molecule has 1 amide bonds. The molecule has 1 unspecified atom stereocenters. The Morgan fingerprint density at radius 1 is 1.15 bits per heavy atom. The number of benzene rings is 2. The number of amides is 1. The Balaban J connectivity index is 1.69. The molecule has 0 radical (unpaired) electrons. The number of anilines is 1. The number of carbonyl (C=O) groups excluding carboxylic acids is 1. The molecule has 3 rings (SSSR count). The Kier molecular flexibility index (Phi) is 5.85. The number of carbonyl (C=O) groups is 1. The average Bonchev–Trinajstić information content (AvgIpc) is 2.99. The van der Waals surface area contributed by atoms with Crippen molar-refractivity contribution in [1.82, 2.24) is 14.8 Å². The summed E-state index contributed by atoms with van der Waals surface area (Å²) in [7, 11) is 0. The second-order valence-electron chi connectivity index (χ2n) is 5.98. The van der Waals surface area contributed by atoms with Crippen molar-refractivity contribution in [3.8, 4) is 0 Å². The first-order valence-corrected chi connectivity index (χ1v) is 9.18. The van der Waals surface area contributed by atoms with Gasteiger partial charge in [0.25, 0.3) is 0 Å². The molecule has 140 valence electrons. The van der Waals surface area contributed by atoms with Crippen LogP contribution in [-0.4, -0.2) is 25.9 Å². The van der Waals surface area contributed by atoms with Gasteiger partial charge in [-0.25, -0.2) is 8.78 Å². The van der Waals surface area contributed by atoms with Crippen LogP contribution in [0.3, 0.4) is 0 Å². The Morgan fingerprint density at radius 3 is 2.59 bits per heavy atom. The highest BCUT2D eigenvalue weighted by molar-refractivity contribution is 8.00. The standard InChI is InChI=1S/C19H18F2N4OS/c1-12(18(26)22-15-8-9-16(20)17(21)10-15)27-19-24-23-13(2)25(19)11-14-6-4-3-5-7-14/h3-10,12H,11H2,1-2H3,(H,22,26). The van der Waals surface area contributed by atoms with Gasteiger partial charge in [0.05, 0.1) is 11.8 Å². The average molecular weight is 388 g/mol. The minimum Gasteiger partial charge on any atom is -0.325 e. The Hall–Kier alpha value is -2.74. The van der Waals surface area contributed by atoms with Crippen LogP contribution in [0, 0.1) is 18.6 Å². The number of aromatic nitrogens is 3. The third kappa shape index (κ3) is 4.71. The van der Waals surface area contributed by atoms with Crippen LogP contribution in [0.2, 0.25) is 0 Å². The molecule has 8 heteroatoms. The monoisotopic (exact) mass is 388 g/mol. The third-order valence-corrected chi connectivity index (χ3v) is 5.00. The van der Waals surface area contributed by atoms with E-state index in [4.69, 9.17) is 0 Å². The topological polar surface area (TPSA) is 59.8 Å². The molecule has 0 aliphatic heterocycles. The largest absolute Gasteiger partial charge is 0.325 e. The number of halogens is 2. The number of thioether (sulfide) groups is 1. The second kappa shape index (κ2) is 8.30. The Labute approximate surface area is 159 Å². The highest BCUT2D eigenvalue weighted by Crippen LogP contribution is 2.24. The number of nitrogens with zero attached hydrogens (tertiary/aromatic N) is 3. The molecule has 0 saturated heterocycles. The summed E-state index contributed by atoms with van der Waals surface area (Å²) in [5.74, 6) is -1.56. The fourth-order valence-electron chi connectivity index (χ4n) is 2.43. The van der Waals surface area contributed by atoms with E-state index in [1.165, 1.54) is 17.8 Å². The molecule has 1 atom stereocenters. The lowest BCUT2D eigenvalue weighted by Crippen LogP contribution is -2.23. The predicted molar refractivity (Wildman–Crippen MR) is 101 cm³/mol.